The van der Waals surface area contributed by atoms with Gasteiger partial charge in [0.1, 0.15) is 5.69 Å². The summed E-state index contributed by atoms with van der Waals surface area (Å²) in [4.78, 5) is 19.0. The minimum absolute atomic E-state index is 0.102. The molecule has 1 saturated heterocycles. The van der Waals surface area contributed by atoms with E-state index in [1.165, 1.54) is 0 Å². The van der Waals surface area contributed by atoms with Crippen LogP contribution in [0.15, 0.2) is 42.7 Å². The Kier molecular flexibility index (Phi) is 2.60. The molecule has 102 valence electrons. The molecule has 2 atom stereocenters. The fraction of sp³-hybridized carbons (Fsp3) is 0.333. The van der Waals surface area contributed by atoms with Gasteiger partial charge in [-0.15, -0.1) is 0 Å². The molecule has 0 radical (unpaired) electrons. The van der Waals surface area contributed by atoms with Crippen molar-refractivity contribution in [1.82, 2.24) is 19.8 Å². The quantitative estimate of drug-likeness (QED) is 0.886. The number of aromatic nitrogens is 2. The van der Waals surface area contributed by atoms with E-state index < -0.39 is 0 Å². The number of carbonyl (C=O) groups is 1. The molecule has 4 heterocycles. The second-order valence-corrected chi connectivity index (χ2v) is 5.35. The molecule has 2 aliphatic rings. The second kappa shape index (κ2) is 4.45. The van der Waals surface area contributed by atoms with Gasteiger partial charge in [0.2, 0.25) is 0 Å². The zero-order valence-corrected chi connectivity index (χ0v) is 11.1. The van der Waals surface area contributed by atoms with Crippen molar-refractivity contribution in [2.24, 2.45) is 0 Å². The molecule has 0 spiro atoms. The summed E-state index contributed by atoms with van der Waals surface area (Å²) >= 11 is 0. The van der Waals surface area contributed by atoms with E-state index in [1.807, 2.05) is 41.4 Å². The molecule has 5 nitrogen and oxygen atoms in total. The molecule has 0 bridgehead atoms. The van der Waals surface area contributed by atoms with Crippen LogP contribution in [0.4, 0.5) is 0 Å². The number of hydrogen-bond donors (Lipinski definition) is 1. The SMILES string of the molecule is O=C1c2cccn2[C@H]2CNC[C@@H]2N1Cc1ccccn1. The molecule has 1 fully saturated rings. The molecule has 2 aromatic heterocycles. The van der Waals surface area contributed by atoms with Gasteiger partial charge in [-0.2, -0.15) is 0 Å². The molecule has 5 heteroatoms. The third-order valence-electron chi connectivity index (χ3n) is 4.23. The van der Waals surface area contributed by atoms with Gasteiger partial charge in [0.05, 0.1) is 24.3 Å². The maximum atomic E-state index is 12.7. The first-order chi connectivity index (χ1) is 9.84. The van der Waals surface area contributed by atoms with Crippen molar-refractivity contribution in [3.63, 3.8) is 0 Å². The van der Waals surface area contributed by atoms with Crippen LogP contribution < -0.4 is 5.32 Å². The summed E-state index contributed by atoms with van der Waals surface area (Å²) in [6.45, 7) is 2.34. The van der Waals surface area contributed by atoms with Crippen molar-refractivity contribution in [3.8, 4) is 0 Å². The van der Waals surface area contributed by atoms with Gasteiger partial charge < -0.3 is 14.8 Å². The molecule has 2 aliphatic heterocycles. The van der Waals surface area contributed by atoms with Crippen LogP contribution in [0.1, 0.15) is 22.2 Å². The Morgan fingerprint density at radius 2 is 2.10 bits per heavy atom. The average Bonchev–Trinajstić information content (AvgIpc) is 3.12. The number of fused-ring (bicyclic) bond motifs is 3. The molecule has 20 heavy (non-hydrogen) atoms. The van der Waals surface area contributed by atoms with Crippen molar-refractivity contribution in [3.05, 3.63) is 54.1 Å². The molecule has 1 amide bonds. The molecular weight excluding hydrogens is 252 g/mol. The van der Waals surface area contributed by atoms with Gasteiger partial charge in [0, 0.05) is 25.5 Å². The highest BCUT2D eigenvalue weighted by Gasteiger charge is 2.41. The van der Waals surface area contributed by atoms with E-state index in [4.69, 9.17) is 0 Å². The summed E-state index contributed by atoms with van der Waals surface area (Å²) in [6, 6.07) is 10.2. The Morgan fingerprint density at radius 3 is 2.95 bits per heavy atom. The highest BCUT2D eigenvalue weighted by atomic mass is 16.2. The van der Waals surface area contributed by atoms with Crippen LogP contribution >= 0.6 is 0 Å². The molecule has 0 aliphatic carbocycles. The maximum absolute atomic E-state index is 12.7. The first-order valence-electron chi connectivity index (χ1n) is 6.93. The minimum Gasteiger partial charge on any atom is -0.337 e. The summed E-state index contributed by atoms with van der Waals surface area (Å²) < 4.78 is 2.11. The zero-order chi connectivity index (χ0) is 13.5. The van der Waals surface area contributed by atoms with E-state index in [9.17, 15) is 4.79 Å². The maximum Gasteiger partial charge on any atom is 0.271 e. The Morgan fingerprint density at radius 1 is 1.20 bits per heavy atom. The van der Waals surface area contributed by atoms with Crippen LogP contribution in [0.25, 0.3) is 0 Å². The molecule has 0 aromatic carbocycles. The van der Waals surface area contributed by atoms with E-state index in [1.54, 1.807) is 6.20 Å². The van der Waals surface area contributed by atoms with Crippen molar-refractivity contribution >= 4 is 5.91 Å². The van der Waals surface area contributed by atoms with Gasteiger partial charge in [-0.1, -0.05) is 6.07 Å². The normalized spacial score (nSPS) is 24.6. The van der Waals surface area contributed by atoms with Crippen LogP contribution in [-0.4, -0.2) is 39.5 Å². The smallest absolute Gasteiger partial charge is 0.271 e. The van der Waals surface area contributed by atoms with Gasteiger partial charge in [-0.05, 0) is 24.3 Å². The molecule has 1 N–H and O–H groups in total. The van der Waals surface area contributed by atoms with Gasteiger partial charge in [-0.25, -0.2) is 0 Å². The van der Waals surface area contributed by atoms with Crippen LogP contribution in [0.5, 0.6) is 0 Å². The predicted molar refractivity (Wildman–Crippen MR) is 74.2 cm³/mol. The van der Waals surface area contributed by atoms with E-state index >= 15 is 0 Å². The number of pyridine rings is 1. The first kappa shape index (κ1) is 11.7. The zero-order valence-electron chi connectivity index (χ0n) is 11.1. The van der Waals surface area contributed by atoms with E-state index in [0.29, 0.717) is 12.6 Å². The Balaban J connectivity index is 1.71. The predicted octanol–water partition coefficient (Wildman–Crippen LogP) is 1.05. The Hall–Kier alpha value is -2.14. The standard InChI is InChI=1S/C15H16N4O/c20-15-12-5-3-7-18(12)13-8-16-9-14(13)19(15)10-11-4-1-2-6-17-11/h1-7,13-14,16H,8-10H2/t13-,14-/m0/s1. The summed E-state index contributed by atoms with van der Waals surface area (Å²) in [6.07, 6.45) is 3.78. The van der Waals surface area contributed by atoms with Crippen LogP contribution in [0.3, 0.4) is 0 Å². The summed E-state index contributed by atoms with van der Waals surface area (Å²) in [5.41, 5.74) is 1.72. The summed E-state index contributed by atoms with van der Waals surface area (Å²) in [7, 11) is 0. The van der Waals surface area contributed by atoms with Crippen LogP contribution in [-0.2, 0) is 6.54 Å². The number of amides is 1. The molecule has 0 unspecified atom stereocenters. The first-order valence-corrected chi connectivity index (χ1v) is 6.93. The van der Waals surface area contributed by atoms with Crippen LogP contribution in [0, 0.1) is 0 Å². The third kappa shape index (κ3) is 1.67. The highest BCUT2D eigenvalue weighted by Crippen LogP contribution is 2.30. The molecule has 4 rings (SSSR count). The number of hydrogen-bond acceptors (Lipinski definition) is 3. The van der Waals surface area contributed by atoms with Crippen LogP contribution in [0.2, 0.25) is 0 Å². The van der Waals surface area contributed by atoms with Crippen molar-refractivity contribution in [2.45, 2.75) is 18.6 Å². The van der Waals surface area contributed by atoms with E-state index in [-0.39, 0.29) is 11.9 Å². The number of nitrogens with zero attached hydrogens (tertiary/aromatic N) is 3. The summed E-state index contributed by atoms with van der Waals surface area (Å²) in [5, 5.41) is 3.40. The monoisotopic (exact) mass is 268 g/mol. The fourth-order valence-corrected chi connectivity index (χ4v) is 3.27. The number of carbonyl (C=O) groups excluding carboxylic acids is 1. The van der Waals surface area contributed by atoms with E-state index in [0.717, 1.165) is 24.5 Å². The van der Waals surface area contributed by atoms with Gasteiger partial charge in [0.15, 0.2) is 0 Å². The van der Waals surface area contributed by atoms with Crippen molar-refractivity contribution in [2.75, 3.05) is 13.1 Å². The molecule has 2 aromatic rings. The Labute approximate surface area is 117 Å². The third-order valence-corrected chi connectivity index (χ3v) is 4.23. The number of nitrogens with one attached hydrogen (secondary N) is 1. The highest BCUT2D eigenvalue weighted by molar-refractivity contribution is 5.94. The molecule has 0 saturated carbocycles. The lowest BCUT2D eigenvalue weighted by molar-refractivity contribution is 0.0558. The lowest BCUT2D eigenvalue weighted by Gasteiger charge is -2.38. The van der Waals surface area contributed by atoms with Crippen molar-refractivity contribution < 1.29 is 4.79 Å². The largest absolute Gasteiger partial charge is 0.337 e. The van der Waals surface area contributed by atoms with Gasteiger partial charge in [-0.3, -0.25) is 9.78 Å². The van der Waals surface area contributed by atoms with Gasteiger partial charge in [0.25, 0.3) is 5.91 Å². The lowest BCUT2D eigenvalue weighted by atomic mass is 10.1. The lowest BCUT2D eigenvalue weighted by Crippen LogP contribution is -2.49. The average molecular weight is 268 g/mol. The van der Waals surface area contributed by atoms with Gasteiger partial charge >= 0.3 is 0 Å². The summed E-state index contributed by atoms with van der Waals surface area (Å²) in [5.74, 6) is 0.102. The fourth-order valence-electron chi connectivity index (χ4n) is 3.27. The topological polar surface area (TPSA) is 50.2 Å². The van der Waals surface area contributed by atoms with Crippen molar-refractivity contribution in [1.29, 1.82) is 0 Å². The number of rotatable bonds is 2. The Bertz CT molecular complexity index is 636. The second-order valence-electron chi connectivity index (χ2n) is 5.35. The molecular formula is C15H16N4O. The minimum atomic E-state index is 0.102. The van der Waals surface area contributed by atoms with E-state index in [2.05, 4.69) is 14.9 Å².